The maximum Gasteiger partial charge on any atom is 0.191 e. The number of H-pyrrole nitrogens is 1. The summed E-state index contributed by atoms with van der Waals surface area (Å²) in [5.74, 6) is 0.867. The fraction of sp³-hybridized carbons (Fsp3) is 0.500. The molecule has 2 aromatic rings. The largest absolute Gasteiger partial charge is 0.357 e. The Balaban J connectivity index is 1.51. The van der Waals surface area contributed by atoms with Crippen LogP contribution in [0.15, 0.2) is 35.3 Å². The van der Waals surface area contributed by atoms with E-state index in [4.69, 9.17) is 0 Å². The first-order valence-corrected chi connectivity index (χ1v) is 8.55. The quantitative estimate of drug-likeness (QED) is 0.586. The van der Waals surface area contributed by atoms with Crippen molar-refractivity contribution in [1.29, 1.82) is 0 Å². The molecule has 3 N–H and O–H groups in total. The molecule has 1 aromatic carbocycles. The lowest BCUT2D eigenvalue weighted by Gasteiger charge is -2.23. The molecule has 5 heteroatoms. The molecule has 1 aliphatic heterocycles. The van der Waals surface area contributed by atoms with Gasteiger partial charge in [-0.3, -0.25) is 9.89 Å². The predicted octanol–water partition coefficient (Wildman–Crippen LogP) is 2.32. The van der Waals surface area contributed by atoms with Gasteiger partial charge in [-0.05, 0) is 43.5 Å². The average Bonchev–Trinajstić information content (AvgIpc) is 3.20. The lowest BCUT2D eigenvalue weighted by Crippen LogP contribution is -2.44. The van der Waals surface area contributed by atoms with Gasteiger partial charge in [0.15, 0.2) is 5.96 Å². The van der Waals surface area contributed by atoms with E-state index >= 15 is 0 Å². The van der Waals surface area contributed by atoms with E-state index in [2.05, 4.69) is 62.8 Å². The summed E-state index contributed by atoms with van der Waals surface area (Å²) < 4.78 is 0. The van der Waals surface area contributed by atoms with Crippen LogP contribution in [0.5, 0.6) is 0 Å². The van der Waals surface area contributed by atoms with E-state index in [1.165, 1.54) is 36.0 Å². The van der Waals surface area contributed by atoms with E-state index in [0.29, 0.717) is 6.04 Å². The normalized spacial score (nSPS) is 19.4. The number of likely N-dealkylation sites (tertiary alicyclic amines) is 1. The molecule has 1 aliphatic rings. The minimum Gasteiger partial charge on any atom is -0.357 e. The number of rotatable bonds is 5. The number of aliphatic imine (C=N–C) groups is 1. The van der Waals surface area contributed by atoms with E-state index in [1.807, 2.05) is 7.05 Å². The Labute approximate surface area is 138 Å². The molecule has 5 nitrogen and oxygen atoms in total. The van der Waals surface area contributed by atoms with Crippen molar-refractivity contribution in [2.45, 2.75) is 32.4 Å². The lowest BCUT2D eigenvalue weighted by molar-refractivity contribution is 0.267. The van der Waals surface area contributed by atoms with Gasteiger partial charge in [-0.1, -0.05) is 25.1 Å². The Bertz CT molecular complexity index is 627. The predicted molar refractivity (Wildman–Crippen MR) is 96.8 cm³/mol. The monoisotopic (exact) mass is 313 g/mol. The van der Waals surface area contributed by atoms with E-state index in [9.17, 15) is 0 Å². The minimum atomic E-state index is 0.631. The standard InChI is InChI=1S/C18H27N5/c1-3-23-10-6-8-16(23)13-21-18(19-2)20-12-15-11-14-7-4-5-9-17(14)22-15/h4-5,7,9,11,16,22H,3,6,8,10,12-13H2,1-2H3,(H2,19,20,21). The van der Waals surface area contributed by atoms with Crippen LogP contribution >= 0.6 is 0 Å². The molecular formula is C18H27N5. The van der Waals surface area contributed by atoms with Crippen LogP contribution in [0.4, 0.5) is 0 Å². The molecule has 0 radical (unpaired) electrons. The molecule has 0 spiro atoms. The summed E-state index contributed by atoms with van der Waals surface area (Å²) >= 11 is 0. The van der Waals surface area contributed by atoms with Crippen LogP contribution in [0.25, 0.3) is 10.9 Å². The highest BCUT2D eigenvalue weighted by Gasteiger charge is 2.22. The van der Waals surface area contributed by atoms with E-state index < -0.39 is 0 Å². The number of benzene rings is 1. The Morgan fingerprint density at radius 1 is 1.35 bits per heavy atom. The number of aromatic nitrogens is 1. The molecule has 23 heavy (non-hydrogen) atoms. The molecule has 2 heterocycles. The number of fused-ring (bicyclic) bond motifs is 1. The zero-order valence-corrected chi connectivity index (χ0v) is 14.1. The van der Waals surface area contributed by atoms with Gasteiger partial charge in [0.25, 0.3) is 0 Å². The first-order valence-electron chi connectivity index (χ1n) is 8.55. The molecule has 1 saturated heterocycles. The number of likely N-dealkylation sites (N-methyl/N-ethyl adjacent to an activating group) is 1. The van der Waals surface area contributed by atoms with E-state index in [0.717, 1.165) is 25.6 Å². The van der Waals surface area contributed by atoms with Crippen LogP contribution < -0.4 is 10.6 Å². The third kappa shape index (κ3) is 3.85. The third-order valence-electron chi connectivity index (χ3n) is 4.67. The SMILES string of the molecule is CCN1CCCC1CNC(=NC)NCc1cc2ccccc2[nH]1. The lowest BCUT2D eigenvalue weighted by atomic mass is 10.2. The number of hydrogen-bond donors (Lipinski definition) is 3. The number of aromatic amines is 1. The van der Waals surface area contributed by atoms with Crippen molar-refractivity contribution in [1.82, 2.24) is 20.5 Å². The summed E-state index contributed by atoms with van der Waals surface area (Å²) in [6.07, 6.45) is 2.58. The molecule has 1 aromatic heterocycles. The van der Waals surface area contributed by atoms with Gasteiger partial charge in [-0.25, -0.2) is 0 Å². The van der Waals surface area contributed by atoms with Gasteiger partial charge in [0.05, 0.1) is 6.54 Å². The van der Waals surface area contributed by atoms with Crippen LogP contribution in [-0.4, -0.2) is 48.6 Å². The molecule has 1 unspecified atom stereocenters. The van der Waals surface area contributed by atoms with E-state index in [-0.39, 0.29) is 0 Å². The second-order valence-corrected chi connectivity index (χ2v) is 6.11. The number of para-hydroxylation sites is 1. The number of nitrogens with zero attached hydrogens (tertiary/aromatic N) is 2. The van der Waals surface area contributed by atoms with Crippen molar-refractivity contribution >= 4 is 16.9 Å². The molecule has 124 valence electrons. The number of guanidine groups is 1. The molecule has 0 saturated carbocycles. The van der Waals surface area contributed by atoms with Crippen LogP contribution in [0.2, 0.25) is 0 Å². The smallest absolute Gasteiger partial charge is 0.191 e. The van der Waals surface area contributed by atoms with Crippen LogP contribution in [0, 0.1) is 0 Å². The summed E-state index contributed by atoms with van der Waals surface area (Å²) in [6.45, 7) is 6.30. The fourth-order valence-corrected chi connectivity index (χ4v) is 3.39. The summed E-state index contributed by atoms with van der Waals surface area (Å²) in [5.41, 5.74) is 2.35. The van der Waals surface area contributed by atoms with Gasteiger partial charge in [0, 0.05) is 30.8 Å². The summed E-state index contributed by atoms with van der Waals surface area (Å²) in [4.78, 5) is 10.3. The van der Waals surface area contributed by atoms with Crippen molar-refractivity contribution in [3.8, 4) is 0 Å². The van der Waals surface area contributed by atoms with Gasteiger partial charge in [0.1, 0.15) is 0 Å². The highest BCUT2D eigenvalue weighted by atomic mass is 15.2. The fourth-order valence-electron chi connectivity index (χ4n) is 3.39. The third-order valence-corrected chi connectivity index (χ3v) is 4.67. The average molecular weight is 313 g/mol. The van der Waals surface area contributed by atoms with Crippen molar-refractivity contribution in [2.75, 3.05) is 26.7 Å². The molecule has 0 aliphatic carbocycles. The van der Waals surface area contributed by atoms with Gasteiger partial charge in [-0.15, -0.1) is 0 Å². The molecule has 0 bridgehead atoms. The second kappa shape index (κ2) is 7.51. The van der Waals surface area contributed by atoms with Crippen LogP contribution in [-0.2, 0) is 6.54 Å². The van der Waals surface area contributed by atoms with Gasteiger partial charge < -0.3 is 15.6 Å². The van der Waals surface area contributed by atoms with Crippen molar-refractivity contribution < 1.29 is 0 Å². The molecule has 0 amide bonds. The first-order chi connectivity index (χ1) is 11.3. The topological polar surface area (TPSA) is 55.4 Å². The second-order valence-electron chi connectivity index (χ2n) is 6.11. The molecule has 3 rings (SSSR count). The van der Waals surface area contributed by atoms with Gasteiger partial charge in [-0.2, -0.15) is 0 Å². The number of nitrogens with one attached hydrogen (secondary N) is 3. The Morgan fingerprint density at radius 2 is 2.22 bits per heavy atom. The summed E-state index contributed by atoms with van der Waals surface area (Å²) in [7, 11) is 1.83. The summed E-state index contributed by atoms with van der Waals surface area (Å²) in [6, 6.07) is 11.2. The minimum absolute atomic E-state index is 0.631. The molecular weight excluding hydrogens is 286 g/mol. The summed E-state index contributed by atoms with van der Waals surface area (Å²) in [5, 5.41) is 8.10. The zero-order valence-electron chi connectivity index (χ0n) is 14.1. The van der Waals surface area contributed by atoms with Crippen molar-refractivity contribution in [2.24, 2.45) is 4.99 Å². The highest BCUT2D eigenvalue weighted by molar-refractivity contribution is 5.81. The van der Waals surface area contributed by atoms with Crippen molar-refractivity contribution in [3.05, 3.63) is 36.0 Å². The maximum absolute atomic E-state index is 4.33. The van der Waals surface area contributed by atoms with Crippen LogP contribution in [0.1, 0.15) is 25.5 Å². The Morgan fingerprint density at radius 3 is 3.00 bits per heavy atom. The molecule has 1 fully saturated rings. The van der Waals surface area contributed by atoms with E-state index in [1.54, 1.807) is 0 Å². The zero-order chi connectivity index (χ0) is 16.1. The van der Waals surface area contributed by atoms with Crippen molar-refractivity contribution in [3.63, 3.8) is 0 Å². The highest BCUT2D eigenvalue weighted by Crippen LogP contribution is 2.16. The molecule has 1 atom stereocenters. The Kier molecular flexibility index (Phi) is 5.18. The van der Waals surface area contributed by atoms with Gasteiger partial charge in [0.2, 0.25) is 0 Å². The maximum atomic E-state index is 4.33. The Hall–Kier alpha value is -2.01. The van der Waals surface area contributed by atoms with Crippen LogP contribution in [0.3, 0.4) is 0 Å². The first kappa shape index (κ1) is 15.9. The van der Waals surface area contributed by atoms with Gasteiger partial charge >= 0.3 is 0 Å². The number of hydrogen-bond acceptors (Lipinski definition) is 2.